The van der Waals surface area contributed by atoms with Gasteiger partial charge in [0.05, 0.1) is 6.54 Å². The minimum Gasteiger partial charge on any atom is -0.502 e. The fourth-order valence-corrected chi connectivity index (χ4v) is 2.23. The number of likely N-dealkylation sites (N-methyl/N-ethyl adjacent to an activating group) is 2. The quantitative estimate of drug-likeness (QED) is 0.794. The van der Waals surface area contributed by atoms with E-state index >= 15 is 0 Å². The van der Waals surface area contributed by atoms with E-state index in [9.17, 15) is 4.79 Å². The van der Waals surface area contributed by atoms with Gasteiger partial charge in [-0.1, -0.05) is 26.1 Å². The predicted molar refractivity (Wildman–Crippen MR) is 110 cm³/mol. The van der Waals surface area contributed by atoms with Crippen molar-refractivity contribution in [1.82, 2.24) is 14.7 Å². The lowest BCUT2D eigenvalue weighted by molar-refractivity contribution is 0.373. The molecule has 6 nitrogen and oxygen atoms in total. The van der Waals surface area contributed by atoms with Crippen molar-refractivity contribution >= 4 is 34.5 Å². The second-order valence-corrected chi connectivity index (χ2v) is 6.31. The SMILES string of the molecule is CCN(C)CC.CCN1CC(=S)N(C)C1=S.Cc1cc(=O)c(O)co1. The second-order valence-electron chi connectivity index (χ2n) is 5.48. The molecule has 25 heavy (non-hydrogen) atoms. The summed E-state index contributed by atoms with van der Waals surface area (Å²) in [5, 5.41) is 9.49. The first-order valence-corrected chi connectivity index (χ1v) is 9.01. The van der Waals surface area contributed by atoms with E-state index in [1.165, 1.54) is 6.07 Å². The van der Waals surface area contributed by atoms with Crippen molar-refractivity contribution in [2.24, 2.45) is 0 Å². The minimum atomic E-state index is -0.404. The summed E-state index contributed by atoms with van der Waals surface area (Å²) in [6.07, 6.45) is 1.03. The zero-order chi connectivity index (χ0) is 19.6. The van der Waals surface area contributed by atoms with E-state index in [4.69, 9.17) is 29.5 Å². The van der Waals surface area contributed by atoms with Crippen molar-refractivity contribution in [3.8, 4) is 5.75 Å². The first-order valence-electron chi connectivity index (χ1n) is 8.20. The van der Waals surface area contributed by atoms with Gasteiger partial charge in [-0.05, 0) is 46.2 Å². The maximum Gasteiger partial charge on any atom is 0.226 e. The molecule has 0 unspecified atom stereocenters. The van der Waals surface area contributed by atoms with E-state index in [0.29, 0.717) is 5.76 Å². The van der Waals surface area contributed by atoms with Gasteiger partial charge in [0.2, 0.25) is 5.43 Å². The Morgan fingerprint density at radius 3 is 2.08 bits per heavy atom. The summed E-state index contributed by atoms with van der Waals surface area (Å²) < 4.78 is 4.69. The lowest BCUT2D eigenvalue weighted by Gasteiger charge is -2.14. The highest BCUT2D eigenvalue weighted by molar-refractivity contribution is 7.82. The maximum atomic E-state index is 10.5. The molecule has 1 aromatic heterocycles. The van der Waals surface area contributed by atoms with Crippen LogP contribution in [0.3, 0.4) is 0 Å². The third-order valence-electron chi connectivity index (χ3n) is 3.66. The molecule has 2 rings (SSSR count). The summed E-state index contributed by atoms with van der Waals surface area (Å²) in [6, 6.07) is 1.23. The van der Waals surface area contributed by atoms with Gasteiger partial charge in [0.15, 0.2) is 10.9 Å². The van der Waals surface area contributed by atoms with Crippen LogP contribution in [0.5, 0.6) is 5.75 Å². The zero-order valence-corrected chi connectivity index (χ0v) is 17.5. The monoisotopic (exact) mass is 387 g/mol. The van der Waals surface area contributed by atoms with Crippen LogP contribution < -0.4 is 5.43 Å². The Labute approximate surface area is 161 Å². The highest BCUT2D eigenvalue weighted by Crippen LogP contribution is 2.08. The molecular formula is C17H29N3O3S2. The first-order chi connectivity index (χ1) is 11.7. The zero-order valence-electron chi connectivity index (χ0n) is 15.9. The summed E-state index contributed by atoms with van der Waals surface area (Å²) in [7, 11) is 4.03. The number of hydrogen-bond acceptors (Lipinski definition) is 6. The summed E-state index contributed by atoms with van der Waals surface area (Å²) in [5.41, 5.74) is -0.404. The van der Waals surface area contributed by atoms with Gasteiger partial charge in [0.1, 0.15) is 17.0 Å². The highest BCUT2D eigenvalue weighted by Gasteiger charge is 2.24. The van der Waals surface area contributed by atoms with Crippen LogP contribution in [0.15, 0.2) is 21.5 Å². The molecule has 0 aliphatic carbocycles. The Morgan fingerprint density at radius 2 is 1.84 bits per heavy atom. The normalized spacial score (nSPS) is 13.4. The molecule has 1 aliphatic rings. The summed E-state index contributed by atoms with van der Waals surface area (Å²) in [4.78, 5) is 17.7. The third kappa shape index (κ3) is 8.42. The number of hydrogen-bond donors (Lipinski definition) is 1. The van der Waals surface area contributed by atoms with Gasteiger partial charge in [0.25, 0.3) is 0 Å². The van der Waals surface area contributed by atoms with Crippen molar-refractivity contribution in [2.75, 3.05) is 40.3 Å². The van der Waals surface area contributed by atoms with Crippen molar-refractivity contribution < 1.29 is 9.52 Å². The molecule has 8 heteroatoms. The van der Waals surface area contributed by atoms with Crippen molar-refractivity contribution in [2.45, 2.75) is 27.7 Å². The van der Waals surface area contributed by atoms with Gasteiger partial charge in [-0.2, -0.15) is 0 Å². The van der Waals surface area contributed by atoms with E-state index in [1.807, 2.05) is 11.9 Å². The standard InChI is InChI=1S/C6H10N2S2.C6H6O3.C5H13N/c1-3-8-4-5(9)7(2)6(8)10;1-4-2-5(7)6(8)3-9-4;1-4-6(3)5-2/h3-4H2,1-2H3;2-3,8H,1H3;4-5H2,1-3H3. The molecule has 1 aromatic rings. The molecule has 0 aromatic carbocycles. The van der Waals surface area contributed by atoms with Crippen LogP contribution in [0.2, 0.25) is 0 Å². The van der Waals surface area contributed by atoms with Gasteiger partial charge in [-0.3, -0.25) is 4.79 Å². The van der Waals surface area contributed by atoms with Gasteiger partial charge < -0.3 is 24.2 Å². The Balaban J connectivity index is 0.000000358. The van der Waals surface area contributed by atoms with Crippen LogP contribution in [0, 0.1) is 6.92 Å². The molecule has 0 radical (unpaired) electrons. The van der Waals surface area contributed by atoms with E-state index in [2.05, 4.69) is 42.0 Å². The number of aromatic hydroxyl groups is 1. The van der Waals surface area contributed by atoms with E-state index < -0.39 is 5.43 Å². The predicted octanol–water partition coefficient (Wildman–Crippen LogP) is 2.48. The molecule has 0 spiro atoms. The summed E-state index contributed by atoms with van der Waals surface area (Å²) in [5.74, 6) is 0.151. The molecule has 1 N–H and O–H groups in total. The summed E-state index contributed by atoms with van der Waals surface area (Å²) >= 11 is 10.2. The number of rotatable bonds is 3. The molecule has 0 bridgehead atoms. The Morgan fingerprint density at radius 1 is 1.28 bits per heavy atom. The van der Waals surface area contributed by atoms with Gasteiger partial charge in [-0.25, -0.2) is 0 Å². The molecule has 142 valence electrons. The Kier molecular flexibility index (Phi) is 11.2. The van der Waals surface area contributed by atoms with Crippen LogP contribution in [0.1, 0.15) is 26.5 Å². The van der Waals surface area contributed by atoms with Crippen LogP contribution >= 0.6 is 24.4 Å². The highest BCUT2D eigenvalue weighted by atomic mass is 32.1. The largest absolute Gasteiger partial charge is 0.502 e. The molecule has 1 fully saturated rings. The topological polar surface area (TPSA) is 60.2 Å². The molecule has 1 aliphatic heterocycles. The van der Waals surface area contributed by atoms with Crippen LogP contribution in [0.25, 0.3) is 0 Å². The average Bonchev–Trinajstić information content (AvgIpc) is 2.85. The molecule has 0 atom stereocenters. The lowest BCUT2D eigenvalue weighted by Crippen LogP contribution is -2.29. The number of nitrogens with zero attached hydrogens (tertiary/aromatic N) is 3. The lowest BCUT2D eigenvalue weighted by atomic mass is 10.4. The van der Waals surface area contributed by atoms with Crippen molar-refractivity contribution in [3.63, 3.8) is 0 Å². The maximum absolute atomic E-state index is 10.5. The number of aryl methyl sites for hydroxylation is 1. The average molecular weight is 388 g/mol. The first kappa shape index (κ1) is 23.5. The summed E-state index contributed by atoms with van der Waals surface area (Å²) in [6.45, 7) is 12.1. The Bertz CT molecular complexity index is 615. The fourth-order valence-electron chi connectivity index (χ4n) is 1.63. The number of thiocarbonyl (C=S) groups is 2. The minimum absolute atomic E-state index is 0.347. The molecule has 0 amide bonds. The van der Waals surface area contributed by atoms with Crippen LogP contribution in [0.4, 0.5) is 0 Å². The molecule has 1 saturated heterocycles. The van der Waals surface area contributed by atoms with E-state index in [1.54, 1.807) is 6.92 Å². The van der Waals surface area contributed by atoms with Gasteiger partial charge in [-0.15, -0.1) is 0 Å². The third-order valence-corrected chi connectivity index (χ3v) is 4.60. The second kappa shape index (κ2) is 11.9. The molecule has 2 heterocycles. The van der Waals surface area contributed by atoms with Crippen molar-refractivity contribution in [3.05, 3.63) is 28.3 Å². The fraction of sp³-hybridized carbons (Fsp3) is 0.588. The van der Waals surface area contributed by atoms with E-state index in [0.717, 1.165) is 42.5 Å². The Hall–Kier alpha value is -1.51. The van der Waals surface area contributed by atoms with Crippen molar-refractivity contribution in [1.29, 1.82) is 0 Å². The smallest absolute Gasteiger partial charge is 0.226 e. The van der Waals surface area contributed by atoms with Crippen LogP contribution in [-0.2, 0) is 0 Å². The molecular weight excluding hydrogens is 358 g/mol. The van der Waals surface area contributed by atoms with E-state index in [-0.39, 0.29) is 5.75 Å². The molecule has 0 saturated carbocycles. The van der Waals surface area contributed by atoms with Gasteiger partial charge >= 0.3 is 0 Å². The van der Waals surface area contributed by atoms with Crippen LogP contribution in [-0.4, -0.2) is 70.2 Å². The van der Waals surface area contributed by atoms with Gasteiger partial charge in [0, 0.05) is 19.7 Å².